The number of benzene rings is 1. The van der Waals surface area contributed by atoms with Crippen molar-refractivity contribution in [1.82, 2.24) is 0 Å². The molecule has 14 heavy (non-hydrogen) atoms. The standard InChI is InChI=1S/C9H6ClF2NS/c10-7-5-3-4(13)1-2-6(5)14-8(7)9(11)12/h1-3,9H,13H2. The van der Waals surface area contributed by atoms with Gasteiger partial charge in [0.25, 0.3) is 6.43 Å². The first-order chi connectivity index (χ1) is 6.59. The Morgan fingerprint density at radius 1 is 1.36 bits per heavy atom. The summed E-state index contributed by atoms with van der Waals surface area (Å²) in [6.07, 6.45) is -2.53. The quantitative estimate of drug-likeness (QED) is 0.738. The number of thiophene rings is 1. The van der Waals surface area contributed by atoms with Crippen molar-refractivity contribution < 1.29 is 8.78 Å². The summed E-state index contributed by atoms with van der Waals surface area (Å²) >= 11 is 6.80. The van der Waals surface area contributed by atoms with E-state index in [0.29, 0.717) is 11.1 Å². The molecule has 0 atom stereocenters. The summed E-state index contributed by atoms with van der Waals surface area (Å²) in [5.41, 5.74) is 6.06. The molecule has 0 aliphatic rings. The Bertz CT molecular complexity index is 481. The van der Waals surface area contributed by atoms with Gasteiger partial charge in [0.05, 0.1) is 9.90 Å². The Morgan fingerprint density at radius 3 is 2.71 bits per heavy atom. The van der Waals surface area contributed by atoms with Gasteiger partial charge in [-0.1, -0.05) is 11.6 Å². The molecule has 2 aromatic rings. The maximum Gasteiger partial charge on any atom is 0.274 e. The van der Waals surface area contributed by atoms with Crippen LogP contribution in [0, 0.1) is 0 Å². The third kappa shape index (κ3) is 1.44. The largest absolute Gasteiger partial charge is 0.399 e. The van der Waals surface area contributed by atoms with Crippen LogP contribution in [-0.4, -0.2) is 0 Å². The lowest BCUT2D eigenvalue weighted by molar-refractivity contribution is 0.156. The molecule has 0 fully saturated rings. The molecule has 0 saturated carbocycles. The number of nitrogens with two attached hydrogens (primary N) is 1. The smallest absolute Gasteiger partial charge is 0.274 e. The van der Waals surface area contributed by atoms with Gasteiger partial charge >= 0.3 is 0 Å². The third-order valence-electron chi connectivity index (χ3n) is 1.87. The van der Waals surface area contributed by atoms with Gasteiger partial charge in [-0.15, -0.1) is 11.3 Å². The number of hydrogen-bond acceptors (Lipinski definition) is 2. The molecule has 1 aromatic carbocycles. The Labute approximate surface area is 88.1 Å². The molecule has 0 bridgehead atoms. The zero-order valence-electron chi connectivity index (χ0n) is 6.93. The van der Waals surface area contributed by atoms with Gasteiger partial charge in [-0.25, -0.2) is 8.78 Å². The molecule has 0 aliphatic carbocycles. The van der Waals surface area contributed by atoms with Crippen molar-refractivity contribution in [3.05, 3.63) is 28.1 Å². The van der Waals surface area contributed by atoms with Gasteiger partial charge in [-0.3, -0.25) is 0 Å². The zero-order chi connectivity index (χ0) is 10.3. The molecule has 1 heterocycles. The van der Waals surface area contributed by atoms with Crippen molar-refractivity contribution in [2.45, 2.75) is 6.43 Å². The Morgan fingerprint density at radius 2 is 2.07 bits per heavy atom. The monoisotopic (exact) mass is 233 g/mol. The Balaban J connectivity index is 2.74. The van der Waals surface area contributed by atoms with Gasteiger partial charge in [0.1, 0.15) is 0 Å². The van der Waals surface area contributed by atoms with Gasteiger partial charge in [-0.05, 0) is 18.2 Å². The highest BCUT2D eigenvalue weighted by atomic mass is 35.5. The van der Waals surface area contributed by atoms with Gasteiger partial charge in [0.15, 0.2) is 0 Å². The van der Waals surface area contributed by atoms with Crippen LogP contribution in [0.25, 0.3) is 10.1 Å². The van der Waals surface area contributed by atoms with Crippen LogP contribution in [0.2, 0.25) is 5.02 Å². The molecule has 0 amide bonds. The number of rotatable bonds is 1. The fourth-order valence-electron chi connectivity index (χ4n) is 1.24. The SMILES string of the molecule is Nc1ccc2sc(C(F)F)c(Cl)c2c1. The first-order valence-electron chi connectivity index (χ1n) is 3.85. The van der Waals surface area contributed by atoms with Crippen LogP contribution in [-0.2, 0) is 0 Å². The molecule has 0 radical (unpaired) electrons. The normalized spacial score (nSPS) is 11.4. The summed E-state index contributed by atoms with van der Waals surface area (Å²) < 4.78 is 25.7. The van der Waals surface area contributed by atoms with E-state index in [1.165, 1.54) is 0 Å². The average molecular weight is 234 g/mol. The molecule has 1 nitrogen and oxygen atoms in total. The minimum atomic E-state index is -2.53. The van der Waals surface area contributed by atoms with Crippen LogP contribution in [0.3, 0.4) is 0 Å². The number of alkyl halides is 2. The second-order valence-corrected chi connectivity index (χ2v) is 4.30. The summed E-state index contributed by atoms with van der Waals surface area (Å²) in [6.45, 7) is 0. The van der Waals surface area contributed by atoms with Crippen molar-refractivity contribution in [1.29, 1.82) is 0 Å². The summed E-state index contributed by atoms with van der Waals surface area (Å²) in [6, 6.07) is 4.98. The average Bonchev–Trinajstić information content (AvgIpc) is 2.44. The molecule has 74 valence electrons. The van der Waals surface area contributed by atoms with E-state index in [4.69, 9.17) is 17.3 Å². The lowest BCUT2D eigenvalue weighted by Gasteiger charge is -1.94. The number of fused-ring (bicyclic) bond motifs is 1. The van der Waals surface area contributed by atoms with E-state index < -0.39 is 6.43 Å². The van der Waals surface area contributed by atoms with E-state index in [-0.39, 0.29) is 9.90 Å². The molecule has 0 spiro atoms. The zero-order valence-corrected chi connectivity index (χ0v) is 8.50. The molecule has 0 unspecified atom stereocenters. The molecule has 0 aliphatic heterocycles. The van der Waals surface area contributed by atoms with E-state index in [0.717, 1.165) is 16.0 Å². The molecule has 0 saturated heterocycles. The van der Waals surface area contributed by atoms with Crippen LogP contribution >= 0.6 is 22.9 Å². The number of anilines is 1. The summed E-state index contributed by atoms with van der Waals surface area (Å²) in [5, 5.41) is 0.722. The third-order valence-corrected chi connectivity index (χ3v) is 3.57. The topological polar surface area (TPSA) is 26.0 Å². The van der Waals surface area contributed by atoms with Gasteiger partial charge in [-0.2, -0.15) is 0 Å². The Kier molecular flexibility index (Phi) is 2.33. The van der Waals surface area contributed by atoms with Gasteiger partial charge in [0.2, 0.25) is 0 Å². The predicted octanol–water partition coefficient (Wildman–Crippen LogP) is 4.07. The van der Waals surface area contributed by atoms with Gasteiger partial charge in [0, 0.05) is 15.8 Å². The number of halogens is 3. The summed E-state index contributed by atoms with van der Waals surface area (Å²) in [4.78, 5) is -0.0905. The fraction of sp³-hybridized carbons (Fsp3) is 0.111. The lowest BCUT2D eigenvalue weighted by Crippen LogP contribution is -1.81. The van der Waals surface area contributed by atoms with Crippen molar-refractivity contribution in [3.63, 3.8) is 0 Å². The van der Waals surface area contributed by atoms with Crippen LogP contribution in [0.1, 0.15) is 11.3 Å². The molecule has 1 aromatic heterocycles. The Hall–Kier alpha value is -0.870. The highest BCUT2D eigenvalue weighted by Gasteiger charge is 2.17. The fourth-order valence-corrected chi connectivity index (χ4v) is 2.59. The molecule has 2 N–H and O–H groups in total. The highest BCUT2D eigenvalue weighted by molar-refractivity contribution is 7.19. The van der Waals surface area contributed by atoms with Crippen LogP contribution < -0.4 is 5.73 Å². The maximum atomic E-state index is 12.5. The predicted molar refractivity (Wildman–Crippen MR) is 56.2 cm³/mol. The number of hydrogen-bond donors (Lipinski definition) is 1. The van der Waals surface area contributed by atoms with Crippen molar-refractivity contribution in [3.8, 4) is 0 Å². The summed E-state index contributed by atoms with van der Waals surface area (Å²) in [5.74, 6) is 0. The summed E-state index contributed by atoms with van der Waals surface area (Å²) in [7, 11) is 0. The molecule has 2 rings (SSSR count). The van der Waals surface area contributed by atoms with E-state index in [1.54, 1.807) is 18.2 Å². The molecular formula is C9H6ClF2NS. The number of nitrogen functional groups attached to an aromatic ring is 1. The van der Waals surface area contributed by atoms with E-state index in [2.05, 4.69) is 0 Å². The van der Waals surface area contributed by atoms with Gasteiger partial charge < -0.3 is 5.73 Å². The minimum Gasteiger partial charge on any atom is -0.399 e. The highest BCUT2D eigenvalue weighted by Crippen LogP contribution is 2.41. The van der Waals surface area contributed by atoms with E-state index >= 15 is 0 Å². The molecular weight excluding hydrogens is 228 g/mol. The maximum absolute atomic E-state index is 12.5. The van der Waals surface area contributed by atoms with E-state index in [9.17, 15) is 8.78 Å². The van der Waals surface area contributed by atoms with Crippen LogP contribution in [0.5, 0.6) is 0 Å². The second-order valence-electron chi connectivity index (χ2n) is 2.84. The van der Waals surface area contributed by atoms with Crippen molar-refractivity contribution in [2.24, 2.45) is 0 Å². The first kappa shape index (κ1) is 9.68. The van der Waals surface area contributed by atoms with Crippen LogP contribution in [0.4, 0.5) is 14.5 Å². The second kappa shape index (κ2) is 3.37. The first-order valence-corrected chi connectivity index (χ1v) is 5.04. The lowest BCUT2D eigenvalue weighted by atomic mass is 10.2. The van der Waals surface area contributed by atoms with Crippen LogP contribution in [0.15, 0.2) is 18.2 Å². The van der Waals surface area contributed by atoms with E-state index in [1.807, 2.05) is 0 Å². The van der Waals surface area contributed by atoms with Crippen molar-refractivity contribution in [2.75, 3.05) is 5.73 Å². The molecule has 5 heteroatoms. The minimum absolute atomic E-state index is 0.0905. The van der Waals surface area contributed by atoms with Crippen molar-refractivity contribution >= 4 is 38.7 Å².